The van der Waals surface area contributed by atoms with Crippen molar-refractivity contribution in [1.29, 1.82) is 0 Å². The predicted octanol–water partition coefficient (Wildman–Crippen LogP) is 2.50. The summed E-state index contributed by atoms with van der Waals surface area (Å²) < 4.78 is 5.09. The van der Waals surface area contributed by atoms with Crippen LogP contribution in [0.3, 0.4) is 0 Å². The summed E-state index contributed by atoms with van der Waals surface area (Å²) in [5, 5.41) is 10.2. The van der Waals surface area contributed by atoms with E-state index >= 15 is 0 Å². The van der Waals surface area contributed by atoms with E-state index in [0.29, 0.717) is 13.0 Å². The minimum Gasteiger partial charge on any atom is -0.388 e. The summed E-state index contributed by atoms with van der Waals surface area (Å²) in [7, 11) is 1.67. The molecule has 0 aliphatic rings. The van der Waals surface area contributed by atoms with Crippen molar-refractivity contribution in [1.82, 2.24) is 4.98 Å². The lowest BCUT2D eigenvalue weighted by atomic mass is 10.0. The lowest BCUT2D eigenvalue weighted by Crippen LogP contribution is -2.02. The van der Waals surface area contributed by atoms with Crippen molar-refractivity contribution in [2.24, 2.45) is 0 Å². The Morgan fingerprint density at radius 3 is 2.67 bits per heavy atom. The molecule has 0 radical (unpaired) electrons. The van der Waals surface area contributed by atoms with Crippen LogP contribution in [0.4, 0.5) is 0 Å². The smallest absolute Gasteiger partial charge is 0.0830 e. The number of aliphatic hydroxyl groups is 1. The van der Waals surface area contributed by atoms with E-state index in [2.05, 4.69) is 4.98 Å². The summed E-state index contributed by atoms with van der Waals surface area (Å²) in [6.45, 7) is 0.565. The van der Waals surface area contributed by atoms with Crippen LogP contribution in [0.1, 0.15) is 22.8 Å². The monoisotopic (exact) mass is 243 g/mol. The predicted molar refractivity (Wildman–Crippen MR) is 70.1 cm³/mol. The molecule has 0 aliphatic heterocycles. The summed E-state index contributed by atoms with van der Waals surface area (Å²) in [4.78, 5) is 3.97. The molecule has 0 aliphatic carbocycles. The van der Waals surface area contributed by atoms with Crippen LogP contribution in [0, 0.1) is 0 Å². The molecular formula is C15H17NO2. The third kappa shape index (κ3) is 3.39. The number of rotatable bonds is 5. The molecular weight excluding hydrogens is 226 g/mol. The first-order valence-corrected chi connectivity index (χ1v) is 5.94. The molecule has 0 saturated heterocycles. The molecule has 3 heteroatoms. The van der Waals surface area contributed by atoms with Gasteiger partial charge in [0, 0.05) is 25.9 Å². The first-order valence-electron chi connectivity index (χ1n) is 5.94. The van der Waals surface area contributed by atoms with Crippen molar-refractivity contribution < 1.29 is 9.84 Å². The minimum atomic E-state index is -0.496. The Hall–Kier alpha value is -1.71. The highest BCUT2D eigenvalue weighted by atomic mass is 16.5. The average Bonchev–Trinajstić information content (AvgIpc) is 2.40. The number of aliphatic hydroxyl groups excluding tert-OH is 1. The molecule has 3 nitrogen and oxygen atoms in total. The molecule has 2 rings (SSSR count). The summed E-state index contributed by atoms with van der Waals surface area (Å²) in [5.41, 5.74) is 3.07. The maximum atomic E-state index is 10.2. The van der Waals surface area contributed by atoms with E-state index < -0.39 is 6.10 Å². The zero-order valence-electron chi connectivity index (χ0n) is 10.4. The van der Waals surface area contributed by atoms with Crippen LogP contribution in [0.5, 0.6) is 0 Å². The van der Waals surface area contributed by atoms with Crippen LogP contribution in [-0.4, -0.2) is 17.2 Å². The van der Waals surface area contributed by atoms with Gasteiger partial charge in [0.15, 0.2) is 0 Å². The maximum absolute atomic E-state index is 10.2. The van der Waals surface area contributed by atoms with Gasteiger partial charge in [-0.1, -0.05) is 24.3 Å². The highest BCUT2D eigenvalue weighted by Gasteiger charge is 2.09. The van der Waals surface area contributed by atoms with E-state index in [1.54, 1.807) is 19.5 Å². The van der Waals surface area contributed by atoms with Crippen LogP contribution >= 0.6 is 0 Å². The Labute approximate surface area is 107 Å². The molecule has 0 amide bonds. The Balaban J connectivity index is 2.08. The molecule has 94 valence electrons. The van der Waals surface area contributed by atoms with Crippen molar-refractivity contribution in [2.75, 3.05) is 7.11 Å². The fourth-order valence-corrected chi connectivity index (χ4v) is 1.92. The Morgan fingerprint density at radius 1 is 1.17 bits per heavy atom. The normalized spacial score (nSPS) is 12.3. The molecule has 0 saturated carbocycles. The number of methoxy groups -OCH3 is 1. The third-order valence-corrected chi connectivity index (χ3v) is 2.83. The van der Waals surface area contributed by atoms with Gasteiger partial charge in [0.25, 0.3) is 0 Å². The highest BCUT2D eigenvalue weighted by Crippen LogP contribution is 2.19. The average molecular weight is 243 g/mol. The van der Waals surface area contributed by atoms with Gasteiger partial charge >= 0.3 is 0 Å². The molecule has 1 aromatic carbocycles. The number of ether oxygens (including phenoxy) is 1. The van der Waals surface area contributed by atoms with E-state index in [-0.39, 0.29) is 0 Å². The van der Waals surface area contributed by atoms with Crippen LogP contribution in [-0.2, 0) is 17.8 Å². The van der Waals surface area contributed by atoms with E-state index in [9.17, 15) is 5.11 Å². The summed E-state index contributed by atoms with van der Waals surface area (Å²) in [6.07, 6.45) is 3.58. The molecule has 0 fully saturated rings. The Morgan fingerprint density at radius 2 is 1.94 bits per heavy atom. The van der Waals surface area contributed by atoms with Crippen LogP contribution in [0.15, 0.2) is 48.8 Å². The summed E-state index contributed by atoms with van der Waals surface area (Å²) in [5.74, 6) is 0. The van der Waals surface area contributed by atoms with Gasteiger partial charge < -0.3 is 9.84 Å². The Bertz CT molecular complexity index is 485. The molecule has 1 N–H and O–H groups in total. The van der Waals surface area contributed by atoms with Crippen LogP contribution < -0.4 is 0 Å². The molecule has 1 unspecified atom stereocenters. The van der Waals surface area contributed by atoms with Crippen LogP contribution in [0.25, 0.3) is 0 Å². The van der Waals surface area contributed by atoms with E-state index in [0.717, 1.165) is 16.7 Å². The van der Waals surface area contributed by atoms with Crippen molar-refractivity contribution in [3.8, 4) is 0 Å². The van der Waals surface area contributed by atoms with Gasteiger partial charge in [0.05, 0.1) is 12.7 Å². The lowest BCUT2D eigenvalue weighted by Gasteiger charge is -2.12. The SMILES string of the molecule is COCc1cccc(C(O)Cc2ccncc2)c1. The van der Waals surface area contributed by atoms with Crippen molar-refractivity contribution >= 4 is 0 Å². The summed E-state index contributed by atoms with van der Waals surface area (Å²) in [6, 6.07) is 11.7. The van der Waals surface area contributed by atoms with E-state index in [1.165, 1.54) is 0 Å². The maximum Gasteiger partial charge on any atom is 0.0830 e. The van der Waals surface area contributed by atoms with Gasteiger partial charge in [-0.15, -0.1) is 0 Å². The van der Waals surface area contributed by atoms with Gasteiger partial charge in [0.1, 0.15) is 0 Å². The van der Waals surface area contributed by atoms with Gasteiger partial charge in [-0.2, -0.15) is 0 Å². The van der Waals surface area contributed by atoms with Gasteiger partial charge in [-0.3, -0.25) is 4.98 Å². The highest BCUT2D eigenvalue weighted by molar-refractivity contribution is 5.26. The lowest BCUT2D eigenvalue weighted by molar-refractivity contribution is 0.175. The Kier molecular flexibility index (Phi) is 4.45. The zero-order valence-corrected chi connectivity index (χ0v) is 10.4. The first-order chi connectivity index (χ1) is 8.79. The van der Waals surface area contributed by atoms with E-state index in [1.807, 2.05) is 36.4 Å². The number of benzene rings is 1. The second-order valence-electron chi connectivity index (χ2n) is 4.25. The number of nitrogens with zero attached hydrogens (tertiary/aromatic N) is 1. The number of pyridine rings is 1. The van der Waals surface area contributed by atoms with Crippen molar-refractivity contribution in [3.63, 3.8) is 0 Å². The zero-order chi connectivity index (χ0) is 12.8. The second kappa shape index (κ2) is 6.28. The number of hydrogen-bond acceptors (Lipinski definition) is 3. The molecule has 2 aromatic rings. The van der Waals surface area contributed by atoms with Gasteiger partial charge in [-0.05, 0) is 28.8 Å². The number of aromatic nitrogens is 1. The second-order valence-corrected chi connectivity index (χ2v) is 4.25. The standard InChI is InChI=1S/C15H17NO2/c1-18-11-13-3-2-4-14(9-13)15(17)10-12-5-7-16-8-6-12/h2-9,15,17H,10-11H2,1H3. The third-order valence-electron chi connectivity index (χ3n) is 2.83. The first kappa shape index (κ1) is 12.7. The quantitative estimate of drug-likeness (QED) is 0.877. The minimum absolute atomic E-state index is 0.496. The number of hydrogen-bond donors (Lipinski definition) is 1. The fourth-order valence-electron chi connectivity index (χ4n) is 1.92. The molecule has 1 aromatic heterocycles. The fraction of sp³-hybridized carbons (Fsp3) is 0.267. The van der Waals surface area contributed by atoms with E-state index in [4.69, 9.17) is 4.74 Å². The molecule has 1 atom stereocenters. The van der Waals surface area contributed by atoms with Crippen LogP contribution in [0.2, 0.25) is 0 Å². The largest absolute Gasteiger partial charge is 0.388 e. The molecule has 1 heterocycles. The molecule has 0 bridgehead atoms. The topological polar surface area (TPSA) is 42.4 Å². The van der Waals surface area contributed by atoms with Gasteiger partial charge in [-0.25, -0.2) is 0 Å². The molecule has 0 spiro atoms. The van der Waals surface area contributed by atoms with Crippen molar-refractivity contribution in [3.05, 3.63) is 65.5 Å². The van der Waals surface area contributed by atoms with Gasteiger partial charge in [0.2, 0.25) is 0 Å². The van der Waals surface area contributed by atoms with Crippen molar-refractivity contribution in [2.45, 2.75) is 19.1 Å². The summed E-state index contributed by atoms with van der Waals surface area (Å²) >= 11 is 0. The molecule has 18 heavy (non-hydrogen) atoms.